The van der Waals surface area contributed by atoms with E-state index in [1.165, 1.54) is 6.42 Å². The van der Waals surface area contributed by atoms with E-state index in [1.54, 1.807) is 6.92 Å². The second-order valence-corrected chi connectivity index (χ2v) is 5.06. The van der Waals surface area contributed by atoms with Crippen molar-refractivity contribution in [1.29, 1.82) is 0 Å². The van der Waals surface area contributed by atoms with Crippen LogP contribution >= 0.6 is 0 Å². The van der Waals surface area contributed by atoms with Gasteiger partial charge in [-0.1, -0.05) is 26.2 Å². The van der Waals surface area contributed by atoms with E-state index in [-0.39, 0.29) is 18.2 Å². The molecule has 0 heterocycles. The third kappa shape index (κ3) is 3.19. The van der Waals surface area contributed by atoms with Gasteiger partial charge < -0.3 is 15.5 Å². The number of aliphatic carboxylic acids is 1. The van der Waals surface area contributed by atoms with Crippen molar-refractivity contribution in [2.75, 3.05) is 6.61 Å². The molecule has 16 heavy (non-hydrogen) atoms. The zero-order valence-electron chi connectivity index (χ0n) is 10.2. The molecule has 0 aliphatic heterocycles. The van der Waals surface area contributed by atoms with Crippen molar-refractivity contribution in [3.05, 3.63) is 0 Å². The number of rotatable bonds is 5. The quantitative estimate of drug-likeness (QED) is 0.666. The van der Waals surface area contributed by atoms with Crippen LogP contribution in [-0.2, 0) is 4.79 Å². The first-order chi connectivity index (χ1) is 7.51. The number of hydrogen-bond acceptors (Lipinski definition) is 3. The summed E-state index contributed by atoms with van der Waals surface area (Å²) in [5.74, 6) is -1.21. The van der Waals surface area contributed by atoms with E-state index in [4.69, 9.17) is 5.11 Å². The van der Waals surface area contributed by atoms with Gasteiger partial charge >= 0.3 is 5.97 Å². The van der Waals surface area contributed by atoms with Gasteiger partial charge in [0.2, 0.25) is 0 Å². The van der Waals surface area contributed by atoms with Crippen LogP contribution in [0.2, 0.25) is 0 Å². The van der Waals surface area contributed by atoms with Crippen LogP contribution in [0, 0.1) is 5.92 Å². The van der Waals surface area contributed by atoms with Crippen molar-refractivity contribution in [3.8, 4) is 0 Å². The second-order valence-electron chi connectivity index (χ2n) is 5.06. The van der Waals surface area contributed by atoms with E-state index in [9.17, 15) is 9.90 Å². The number of hydrogen-bond donors (Lipinski definition) is 3. The number of carboxylic acids is 1. The standard InChI is InChI=1S/C12H23NO3/c1-9(11(15)16)10(2)13-12(8-14)6-4-3-5-7-12/h9-10,13-14H,3-8H2,1-2H3,(H,15,16). The SMILES string of the molecule is CC(NC1(CO)CCCCC1)C(C)C(=O)O. The Kier molecular flexibility index (Phi) is 4.74. The van der Waals surface area contributed by atoms with Crippen molar-refractivity contribution < 1.29 is 15.0 Å². The lowest BCUT2D eigenvalue weighted by atomic mass is 9.81. The van der Waals surface area contributed by atoms with Crippen molar-refractivity contribution in [2.24, 2.45) is 5.92 Å². The van der Waals surface area contributed by atoms with Gasteiger partial charge in [0.1, 0.15) is 0 Å². The summed E-state index contributed by atoms with van der Waals surface area (Å²) in [6.07, 6.45) is 5.33. The largest absolute Gasteiger partial charge is 0.481 e. The monoisotopic (exact) mass is 229 g/mol. The Labute approximate surface area is 97.0 Å². The minimum absolute atomic E-state index is 0.101. The highest BCUT2D eigenvalue weighted by Crippen LogP contribution is 2.28. The van der Waals surface area contributed by atoms with Crippen LogP contribution in [0.3, 0.4) is 0 Å². The summed E-state index contributed by atoms with van der Waals surface area (Å²) in [6, 6.07) is -0.109. The molecule has 1 rings (SSSR count). The first-order valence-electron chi connectivity index (χ1n) is 6.12. The van der Waals surface area contributed by atoms with E-state index in [0.29, 0.717) is 0 Å². The van der Waals surface area contributed by atoms with Gasteiger partial charge in [-0.2, -0.15) is 0 Å². The van der Waals surface area contributed by atoms with E-state index >= 15 is 0 Å². The summed E-state index contributed by atoms with van der Waals surface area (Å²) >= 11 is 0. The molecule has 0 spiro atoms. The van der Waals surface area contributed by atoms with Crippen LogP contribution < -0.4 is 5.32 Å². The molecular weight excluding hydrogens is 206 g/mol. The van der Waals surface area contributed by atoms with Crippen LogP contribution in [-0.4, -0.2) is 34.4 Å². The van der Waals surface area contributed by atoms with E-state index in [2.05, 4.69) is 5.32 Å². The second kappa shape index (κ2) is 5.64. The predicted octanol–water partition coefficient (Wildman–Crippen LogP) is 1.38. The molecule has 0 amide bonds. The fourth-order valence-electron chi connectivity index (χ4n) is 2.40. The lowest BCUT2D eigenvalue weighted by Gasteiger charge is -2.39. The molecule has 1 aliphatic carbocycles. The number of nitrogens with one attached hydrogen (secondary N) is 1. The Morgan fingerprint density at radius 1 is 1.31 bits per heavy atom. The number of aliphatic hydroxyl groups is 1. The molecule has 1 aliphatic rings. The number of carboxylic acid groups (broad SMARTS) is 1. The van der Waals surface area contributed by atoms with Gasteiger partial charge in [0.15, 0.2) is 0 Å². The van der Waals surface area contributed by atoms with Gasteiger partial charge in [0, 0.05) is 11.6 Å². The van der Waals surface area contributed by atoms with E-state index in [0.717, 1.165) is 25.7 Å². The summed E-state index contributed by atoms with van der Waals surface area (Å²) in [6.45, 7) is 3.68. The molecule has 0 aromatic rings. The van der Waals surface area contributed by atoms with Crippen molar-refractivity contribution in [3.63, 3.8) is 0 Å². The third-order valence-electron chi connectivity index (χ3n) is 3.79. The van der Waals surface area contributed by atoms with Gasteiger partial charge in [0.05, 0.1) is 12.5 Å². The summed E-state index contributed by atoms with van der Waals surface area (Å²) in [5.41, 5.74) is -0.249. The summed E-state index contributed by atoms with van der Waals surface area (Å²) in [4.78, 5) is 10.9. The van der Waals surface area contributed by atoms with Crippen molar-refractivity contribution in [1.82, 2.24) is 5.32 Å². The molecule has 0 radical (unpaired) electrons. The Bertz CT molecular complexity index is 236. The zero-order valence-corrected chi connectivity index (χ0v) is 10.2. The zero-order chi connectivity index (χ0) is 12.2. The minimum atomic E-state index is -0.788. The fourth-order valence-corrected chi connectivity index (χ4v) is 2.40. The van der Waals surface area contributed by atoms with Crippen molar-refractivity contribution in [2.45, 2.75) is 57.5 Å². The van der Waals surface area contributed by atoms with Crippen LogP contribution in [0.1, 0.15) is 46.0 Å². The minimum Gasteiger partial charge on any atom is -0.481 e. The van der Waals surface area contributed by atoms with Gasteiger partial charge in [0.25, 0.3) is 0 Å². The highest BCUT2D eigenvalue weighted by Gasteiger charge is 2.34. The summed E-state index contributed by atoms with van der Waals surface area (Å²) in [7, 11) is 0. The van der Waals surface area contributed by atoms with E-state index < -0.39 is 11.9 Å². The Morgan fingerprint density at radius 2 is 1.88 bits per heavy atom. The lowest BCUT2D eigenvalue weighted by Crippen LogP contribution is -2.55. The fraction of sp³-hybridized carbons (Fsp3) is 0.917. The van der Waals surface area contributed by atoms with Gasteiger partial charge in [-0.25, -0.2) is 0 Å². The Hall–Kier alpha value is -0.610. The molecule has 0 bridgehead atoms. The molecule has 0 aromatic carbocycles. The molecule has 4 heteroatoms. The molecule has 1 saturated carbocycles. The molecule has 2 atom stereocenters. The predicted molar refractivity (Wildman–Crippen MR) is 62.3 cm³/mol. The molecule has 94 valence electrons. The molecule has 4 nitrogen and oxygen atoms in total. The van der Waals surface area contributed by atoms with Crippen LogP contribution in [0.4, 0.5) is 0 Å². The number of carbonyl (C=O) groups is 1. The van der Waals surface area contributed by atoms with Gasteiger partial charge in [-0.05, 0) is 19.8 Å². The number of aliphatic hydroxyl groups excluding tert-OH is 1. The van der Waals surface area contributed by atoms with Crippen LogP contribution in [0.25, 0.3) is 0 Å². The Morgan fingerprint density at radius 3 is 2.31 bits per heavy atom. The van der Waals surface area contributed by atoms with Crippen LogP contribution in [0.15, 0.2) is 0 Å². The molecule has 0 aromatic heterocycles. The van der Waals surface area contributed by atoms with Gasteiger partial charge in [-0.3, -0.25) is 4.79 Å². The highest BCUT2D eigenvalue weighted by atomic mass is 16.4. The third-order valence-corrected chi connectivity index (χ3v) is 3.79. The molecule has 0 saturated heterocycles. The normalized spacial score (nSPS) is 23.7. The average molecular weight is 229 g/mol. The summed E-state index contributed by atoms with van der Waals surface area (Å²) in [5, 5.41) is 21.8. The highest BCUT2D eigenvalue weighted by molar-refractivity contribution is 5.70. The average Bonchev–Trinajstić information content (AvgIpc) is 2.29. The van der Waals surface area contributed by atoms with Crippen molar-refractivity contribution >= 4 is 5.97 Å². The van der Waals surface area contributed by atoms with Crippen LogP contribution in [0.5, 0.6) is 0 Å². The summed E-state index contributed by atoms with van der Waals surface area (Å²) < 4.78 is 0. The molecule has 1 fully saturated rings. The Balaban J connectivity index is 2.58. The maximum atomic E-state index is 10.9. The van der Waals surface area contributed by atoms with Gasteiger partial charge in [-0.15, -0.1) is 0 Å². The molecule has 3 N–H and O–H groups in total. The lowest BCUT2D eigenvalue weighted by molar-refractivity contribution is -0.142. The molecular formula is C12H23NO3. The first-order valence-corrected chi connectivity index (χ1v) is 6.12. The molecule has 2 unspecified atom stereocenters. The van der Waals surface area contributed by atoms with E-state index in [1.807, 2.05) is 6.92 Å². The first kappa shape index (κ1) is 13.5. The maximum Gasteiger partial charge on any atom is 0.307 e. The maximum absolute atomic E-state index is 10.9. The topological polar surface area (TPSA) is 69.6 Å². The smallest absolute Gasteiger partial charge is 0.307 e.